The number of piperidine rings is 1. The molecule has 1 heterocycles. The summed E-state index contributed by atoms with van der Waals surface area (Å²) in [6, 6.07) is 8.13. The van der Waals surface area contributed by atoms with E-state index < -0.39 is 0 Å². The summed E-state index contributed by atoms with van der Waals surface area (Å²) in [5, 5.41) is 0. The van der Waals surface area contributed by atoms with Gasteiger partial charge in [-0.25, -0.2) is 0 Å². The molecule has 0 saturated carbocycles. The molecule has 0 radical (unpaired) electrons. The third kappa shape index (κ3) is 2.29. The van der Waals surface area contributed by atoms with Gasteiger partial charge < -0.3 is 4.90 Å². The van der Waals surface area contributed by atoms with Gasteiger partial charge in [0.1, 0.15) is 0 Å². The van der Waals surface area contributed by atoms with Gasteiger partial charge in [-0.1, -0.05) is 29.8 Å². The molecule has 0 amide bonds. The van der Waals surface area contributed by atoms with Gasteiger partial charge in [0.15, 0.2) is 5.78 Å². The van der Waals surface area contributed by atoms with Crippen LogP contribution in [0.2, 0.25) is 0 Å². The molecule has 1 fully saturated rings. The van der Waals surface area contributed by atoms with Crippen molar-refractivity contribution in [1.82, 2.24) is 0 Å². The van der Waals surface area contributed by atoms with Gasteiger partial charge in [0.25, 0.3) is 0 Å². The lowest BCUT2D eigenvalue weighted by molar-refractivity contribution is -0.127. The van der Waals surface area contributed by atoms with Gasteiger partial charge in [0.05, 0.1) is 6.54 Å². The summed E-state index contributed by atoms with van der Waals surface area (Å²) in [7, 11) is 0. The number of hydrogen-bond acceptors (Lipinski definition) is 2. The summed E-state index contributed by atoms with van der Waals surface area (Å²) in [6.45, 7) is 5.57. The van der Waals surface area contributed by atoms with E-state index in [-0.39, 0.29) is 5.41 Å². The van der Waals surface area contributed by atoms with Crippen molar-refractivity contribution in [3.05, 3.63) is 28.7 Å². The Balaban J connectivity index is 2.14. The molecule has 0 aliphatic carbocycles. The Morgan fingerprint density at radius 2 is 1.88 bits per heavy atom. The first-order valence-electron chi connectivity index (χ1n) is 5.53. The molecular weight excluding hydrogens is 266 g/mol. The quantitative estimate of drug-likeness (QED) is 0.788. The van der Waals surface area contributed by atoms with Crippen LogP contribution in [-0.2, 0) is 4.79 Å². The van der Waals surface area contributed by atoms with E-state index in [0.29, 0.717) is 12.3 Å². The van der Waals surface area contributed by atoms with Crippen LogP contribution in [0.4, 0.5) is 5.69 Å². The first-order valence-corrected chi connectivity index (χ1v) is 6.32. The molecule has 1 saturated heterocycles. The van der Waals surface area contributed by atoms with Gasteiger partial charge in [-0.2, -0.15) is 0 Å². The molecular formula is C13H16BrNO. The second-order valence-corrected chi connectivity index (χ2v) is 5.87. The molecule has 0 atom stereocenters. The number of halogens is 1. The van der Waals surface area contributed by atoms with Crippen molar-refractivity contribution in [2.45, 2.75) is 20.3 Å². The van der Waals surface area contributed by atoms with Crippen LogP contribution in [0.25, 0.3) is 0 Å². The van der Waals surface area contributed by atoms with Gasteiger partial charge in [0, 0.05) is 22.1 Å². The Hall–Kier alpha value is -0.830. The molecule has 3 heteroatoms. The standard InChI is InChI=1S/C13H16BrNO/c1-13(2)7-8-15(9-12(13)16)11-5-3-10(14)4-6-11/h3-6H,7-9H2,1-2H3. The average Bonchev–Trinajstić information content (AvgIpc) is 2.24. The van der Waals surface area contributed by atoms with Crippen LogP contribution in [0.5, 0.6) is 0 Å². The summed E-state index contributed by atoms with van der Waals surface area (Å²) >= 11 is 3.41. The van der Waals surface area contributed by atoms with Crippen molar-refractivity contribution < 1.29 is 4.79 Å². The second kappa shape index (κ2) is 4.21. The number of carbonyl (C=O) groups excluding carboxylic acids is 1. The minimum Gasteiger partial charge on any atom is -0.364 e. The first-order chi connectivity index (χ1) is 7.49. The number of carbonyl (C=O) groups is 1. The fraction of sp³-hybridized carbons (Fsp3) is 0.462. The molecule has 1 aromatic carbocycles. The van der Waals surface area contributed by atoms with E-state index in [2.05, 4.69) is 33.0 Å². The average molecular weight is 282 g/mol. The van der Waals surface area contributed by atoms with Crippen LogP contribution in [0.3, 0.4) is 0 Å². The summed E-state index contributed by atoms with van der Waals surface area (Å²) in [5.41, 5.74) is 0.985. The van der Waals surface area contributed by atoms with Crippen molar-refractivity contribution in [3.63, 3.8) is 0 Å². The Morgan fingerprint density at radius 3 is 2.44 bits per heavy atom. The molecule has 0 spiro atoms. The maximum atomic E-state index is 11.9. The zero-order chi connectivity index (χ0) is 11.8. The van der Waals surface area contributed by atoms with E-state index in [1.165, 1.54) is 0 Å². The van der Waals surface area contributed by atoms with Crippen LogP contribution >= 0.6 is 15.9 Å². The summed E-state index contributed by atoms with van der Waals surface area (Å²) < 4.78 is 1.07. The Morgan fingerprint density at radius 1 is 1.25 bits per heavy atom. The van der Waals surface area contributed by atoms with Crippen molar-refractivity contribution in [2.75, 3.05) is 18.0 Å². The Kier molecular flexibility index (Phi) is 3.06. The summed E-state index contributed by atoms with van der Waals surface area (Å²) in [4.78, 5) is 14.1. The van der Waals surface area contributed by atoms with Crippen LogP contribution in [0.1, 0.15) is 20.3 Å². The first kappa shape index (κ1) is 11.6. The van der Waals surface area contributed by atoms with E-state index in [1.54, 1.807) is 0 Å². The molecule has 0 aromatic heterocycles. The van der Waals surface area contributed by atoms with Crippen LogP contribution in [0, 0.1) is 5.41 Å². The molecule has 0 unspecified atom stereocenters. The highest BCUT2D eigenvalue weighted by Gasteiger charge is 2.33. The lowest BCUT2D eigenvalue weighted by Gasteiger charge is -2.36. The van der Waals surface area contributed by atoms with Gasteiger partial charge >= 0.3 is 0 Å². The maximum absolute atomic E-state index is 11.9. The number of hydrogen-bond donors (Lipinski definition) is 0. The summed E-state index contributed by atoms with van der Waals surface area (Å²) in [5.74, 6) is 0.335. The second-order valence-electron chi connectivity index (χ2n) is 4.96. The molecule has 86 valence electrons. The summed E-state index contributed by atoms with van der Waals surface area (Å²) in [6.07, 6.45) is 0.932. The van der Waals surface area contributed by atoms with E-state index in [0.717, 1.165) is 23.1 Å². The fourth-order valence-electron chi connectivity index (χ4n) is 1.89. The zero-order valence-electron chi connectivity index (χ0n) is 9.66. The minimum atomic E-state index is -0.147. The molecule has 0 N–H and O–H groups in total. The highest BCUT2D eigenvalue weighted by molar-refractivity contribution is 9.10. The number of ketones is 1. The fourth-order valence-corrected chi connectivity index (χ4v) is 2.16. The normalized spacial score (nSPS) is 19.9. The van der Waals surface area contributed by atoms with Crippen molar-refractivity contribution >= 4 is 27.4 Å². The van der Waals surface area contributed by atoms with Crippen LogP contribution in [-0.4, -0.2) is 18.9 Å². The molecule has 16 heavy (non-hydrogen) atoms. The smallest absolute Gasteiger partial charge is 0.157 e. The monoisotopic (exact) mass is 281 g/mol. The molecule has 2 rings (SSSR count). The highest BCUT2D eigenvalue weighted by Crippen LogP contribution is 2.30. The number of benzene rings is 1. The van der Waals surface area contributed by atoms with Crippen molar-refractivity contribution in [2.24, 2.45) is 5.41 Å². The molecule has 2 nitrogen and oxygen atoms in total. The number of anilines is 1. The van der Waals surface area contributed by atoms with E-state index >= 15 is 0 Å². The van der Waals surface area contributed by atoms with Crippen molar-refractivity contribution in [1.29, 1.82) is 0 Å². The SMILES string of the molecule is CC1(C)CCN(c2ccc(Br)cc2)CC1=O. The molecule has 1 aliphatic rings. The molecule has 1 aromatic rings. The van der Waals surface area contributed by atoms with Gasteiger partial charge in [0.2, 0.25) is 0 Å². The molecule has 1 aliphatic heterocycles. The maximum Gasteiger partial charge on any atom is 0.157 e. The highest BCUT2D eigenvalue weighted by atomic mass is 79.9. The third-order valence-electron chi connectivity index (χ3n) is 3.29. The Labute approximate surface area is 105 Å². The van der Waals surface area contributed by atoms with E-state index in [1.807, 2.05) is 26.0 Å². The predicted molar refractivity (Wildman–Crippen MR) is 69.8 cm³/mol. The third-order valence-corrected chi connectivity index (χ3v) is 3.82. The number of Topliss-reactive ketones (excluding diaryl/α,β-unsaturated/α-hetero) is 1. The predicted octanol–water partition coefficient (Wildman–Crippen LogP) is 3.25. The molecule has 0 bridgehead atoms. The number of rotatable bonds is 1. The van der Waals surface area contributed by atoms with Crippen molar-refractivity contribution in [3.8, 4) is 0 Å². The van der Waals surface area contributed by atoms with Gasteiger partial charge in [-0.3, -0.25) is 4.79 Å². The Bertz CT molecular complexity index is 397. The number of nitrogens with zero attached hydrogens (tertiary/aromatic N) is 1. The largest absolute Gasteiger partial charge is 0.364 e. The lowest BCUT2D eigenvalue weighted by atomic mass is 9.81. The van der Waals surface area contributed by atoms with E-state index in [4.69, 9.17) is 0 Å². The van der Waals surface area contributed by atoms with E-state index in [9.17, 15) is 4.79 Å². The van der Waals surface area contributed by atoms with Gasteiger partial charge in [-0.15, -0.1) is 0 Å². The van der Waals surface area contributed by atoms with Crippen LogP contribution in [0.15, 0.2) is 28.7 Å². The topological polar surface area (TPSA) is 20.3 Å². The van der Waals surface area contributed by atoms with Gasteiger partial charge in [-0.05, 0) is 30.7 Å². The van der Waals surface area contributed by atoms with Crippen LogP contribution < -0.4 is 4.90 Å². The minimum absolute atomic E-state index is 0.147. The zero-order valence-corrected chi connectivity index (χ0v) is 11.3. The lowest BCUT2D eigenvalue weighted by Crippen LogP contribution is -2.45.